The van der Waals surface area contributed by atoms with E-state index in [0.29, 0.717) is 11.2 Å². The first-order valence-corrected chi connectivity index (χ1v) is 11.8. The molecule has 4 aromatic rings. The average molecular weight is 458 g/mol. The molecular formula is C25H23N5O2S. The van der Waals surface area contributed by atoms with E-state index >= 15 is 0 Å². The van der Waals surface area contributed by atoms with Gasteiger partial charge in [0.15, 0.2) is 0 Å². The highest BCUT2D eigenvalue weighted by atomic mass is 32.2. The molecule has 0 radical (unpaired) electrons. The van der Waals surface area contributed by atoms with Crippen molar-refractivity contribution in [2.75, 3.05) is 27.8 Å². The summed E-state index contributed by atoms with van der Waals surface area (Å²) in [6, 6.07) is 18.4. The van der Waals surface area contributed by atoms with Gasteiger partial charge >= 0.3 is 5.97 Å². The molecule has 0 aliphatic carbocycles. The number of aryl methyl sites for hydroxylation is 1. The number of nitrogens with one attached hydrogen (secondary N) is 1. The SMILES string of the molecule is Cn1c(C(=O)O)c2c3c(ccnc31)N(Sc1ccccc1)Nc1ccc(N3CCCC3)cc1-2. The van der Waals surface area contributed by atoms with Gasteiger partial charge in [-0.3, -0.25) is 5.43 Å². The molecule has 2 aliphatic rings. The van der Waals surface area contributed by atoms with Gasteiger partial charge in [0, 0.05) is 60.0 Å². The molecule has 33 heavy (non-hydrogen) atoms. The van der Waals surface area contributed by atoms with E-state index in [1.807, 2.05) is 28.7 Å². The fourth-order valence-corrected chi connectivity index (χ4v) is 5.73. The fraction of sp³-hybridized carbons (Fsp3) is 0.200. The van der Waals surface area contributed by atoms with Crippen LogP contribution in [0.2, 0.25) is 0 Å². The highest BCUT2D eigenvalue weighted by molar-refractivity contribution is 8.00. The molecule has 2 aromatic heterocycles. The van der Waals surface area contributed by atoms with E-state index in [4.69, 9.17) is 0 Å². The van der Waals surface area contributed by atoms with E-state index < -0.39 is 5.97 Å². The predicted octanol–water partition coefficient (Wildman–Crippen LogP) is 5.39. The Hall–Kier alpha value is -3.65. The maximum atomic E-state index is 12.4. The van der Waals surface area contributed by atoms with E-state index in [9.17, 15) is 9.90 Å². The Morgan fingerprint density at radius 3 is 2.64 bits per heavy atom. The van der Waals surface area contributed by atoms with Gasteiger partial charge in [0.05, 0.1) is 16.8 Å². The van der Waals surface area contributed by atoms with Crippen LogP contribution in [0.3, 0.4) is 0 Å². The van der Waals surface area contributed by atoms with Gasteiger partial charge in [-0.25, -0.2) is 14.2 Å². The molecule has 166 valence electrons. The third kappa shape index (κ3) is 3.21. The van der Waals surface area contributed by atoms with Crippen molar-refractivity contribution in [3.63, 3.8) is 0 Å². The quantitative estimate of drug-likeness (QED) is 0.398. The lowest BCUT2D eigenvalue weighted by molar-refractivity contribution is 0.0688. The van der Waals surface area contributed by atoms with Crippen molar-refractivity contribution in [2.45, 2.75) is 17.7 Å². The standard InChI is InChI=1S/C25H23N5O2S/c1-28-23(25(31)32)21-18-15-16(29-13-5-6-14-29)9-10-19(18)27-30(33-17-7-3-2-4-8-17)20-11-12-26-24(28)22(20)21/h2-4,7-12,15,27H,5-6,13-14H2,1H3,(H,31,32). The molecule has 1 saturated heterocycles. The summed E-state index contributed by atoms with van der Waals surface area (Å²) in [6.07, 6.45) is 4.10. The number of benzene rings is 2. The van der Waals surface area contributed by atoms with Crippen molar-refractivity contribution >= 4 is 46.0 Å². The minimum atomic E-state index is -0.960. The van der Waals surface area contributed by atoms with Crippen molar-refractivity contribution in [3.8, 4) is 11.1 Å². The van der Waals surface area contributed by atoms with Crippen LogP contribution in [-0.4, -0.2) is 33.7 Å². The van der Waals surface area contributed by atoms with E-state index in [-0.39, 0.29) is 5.69 Å². The van der Waals surface area contributed by atoms with Crippen LogP contribution in [0, 0.1) is 0 Å². The molecule has 2 N–H and O–H groups in total. The lowest BCUT2D eigenvalue weighted by atomic mass is 9.99. The Morgan fingerprint density at radius 2 is 1.88 bits per heavy atom. The summed E-state index contributed by atoms with van der Waals surface area (Å²) in [5, 5.41) is 11.0. The first kappa shape index (κ1) is 20.0. The number of rotatable bonds is 4. The number of carboxylic acid groups (broad SMARTS) is 1. The number of hydrogen-bond donors (Lipinski definition) is 2. The zero-order valence-electron chi connectivity index (χ0n) is 18.2. The van der Waals surface area contributed by atoms with Gasteiger partial charge < -0.3 is 14.6 Å². The monoisotopic (exact) mass is 457 g/mol. The minimum Gasteiger partial charge on any atom is -0.477 e. The van der Waals surface area contributed by atoms with Gasteiger partial charge in [0.1, 0.15) is 11.3 Å². The molecule has 0 amide bonds. The third-order valence-electron chi connectivity index (χ3n) is 6.38. The molecule has 2 aliphatic heterocycles. The minimum absolute atomic E-state index is 0.248. The number of pyridine rings is 1. The van der Waals surface area contributed by atoms with Crippen LogP contribution >= 0.6 is 11.9 Å². The summed E-state index contributed by atoms with van der Waals surface area (Å²) in [4.78, 5) is 20.5. The molecule has 7 nitrogen and oxygen atoms in total. The molecule has 0 spiro atoms. The molecule has 0 bridgehead atoms. The zero-order valence-corrected chi connectivity index (χ0v) is 19.0. The van der Waals surface area contributed by atoms with Crippen LogP contribution < -0.4 is 14.7 Å². The van der Waals surface area contributed by atoms with Crippen LogP contribution in [-0.2, 0) is 7.05 Å². The Labute approximate surface area is 195 Å². The first-order valence-electron chi connectivity index (χ1n) is 11.0. The molecule has 4 heterocycles. The average Bonchev–Trinajstić information content (AvgIpc) is 3.43. The van der Waals surface area contributed by atoms with Crippen LogP contribution in [0.15, 0.2) is 65.7 Å². The Bertz CT molecular complexity index is 1380. The van der Waals surface area contributed by atoms with E-state index in [1.165, 1.54) is 12.8 Å². The highest BCUT2D eigenvalue weighted by Gasteiger charge is 2.31. The number of hydrazine groups is 1. The summed E-state index contributed by atoms with van der Waals surface area (Å²) >= 11 is 1.56. The topological polar surface area (TPSA) is 73.6 Å². The number of carboxylic acids is 1. The van der Waals surface area contributed by atoms with Crippen molar-refractivity contribution < 1.29 is 9.90 Å². The Kier molecular flexibility index (Phi) is 4.69. The number of fused-ring (bicyclic) bond motifs is 2. The summed E-state index contributed by atoms with van der Waals surface area (Å²) in [5.74, 6) is -0.960. The molecular weight excluding hydrogens is 434 g/mol. The van der Waals surface area contributed by atoms with Gasteiger partial charge in [-0.15, -0.1) is 0 Å². The van der Waals surface area contributed by atoms with Crippen molar-refractivity contribution in [1.29, 1.82) is 0 Å². The van der Waals surface area contributed by atoms with Crippen molar-refractivity contribution in [2.24, 2.45) is 7.05 Å². The number of anilines is 3. The number of nitrogens with zero attached hydrogens (tertiary/aromatic N) is 4. The second-order valence-electron chi connectivity index (χ2n) is 8.35. The second kappa shape index (κ2) is 7.74. The first-order chi connectivity index (χ1) is 16.1. The summed E-state index contributed by atoms with van der Waals surface area (Å²) in [6.45, 7) is 2.05. The van der Waals surface area contributed by atoms with Gasteiger partial charge in [-0.05, 0) is 49.2 Å². The van der Waals surface area contributed by atoms with E-state index in [2.05, 4.69) is 45.6 Å². The Morgan fingerprint density at radius 1 is 1.09 bits per heavy atom. The molecule has 0 unspecified atom stereocenters. The van der Waals surface area contributed by atoms with Gasteiger partial charge in [-0.2, -0.15) is 0 Å². The number of hydrogen-bond acceptors (Lipinski definition) is 6. The van der Waals surface area contributed by atoms with Crippen molar-refractivity contribution in [1.82, 2.24) is 9.55 Å². The molecule has 2 aromatic carbocycles. The normalized spacial score (nSPS) is 14.8. The summed E-state index contributed by atoms with van der Waals surface area (Å²) in [5.41, 5.74) is 8.92. The maximum Gasteiger partial charge on any atom is 0.353 e. The fourth-order valence-electron chi connectivity index (χ4n) is 4.85. The van der Waals surface area contributed by atoms with E-state index in [0.717, 1.165) is 46.0 Å². The number of carbonyl (C=O) groups is 1. The Balaban J connectivity index is 1.62. The van der Waals surface area contributed by atoms with Crippen LogP contribution in [0.25, 0.3) is 22.2 Å². The predicted molar refractivity (Wildman–Crippen MR) is 133 cm³/mol. The smallest absolute Gasteiger partial charge is 0.353 e. The molecule has 8 heteroatoms. The third-order valence-corrected chi connectivity index (χ3v) is 7.33. The number of aromatic nitrogens is 2. The number of aromatic carboxylic acids is 1. The summed E-state index contributed by atoms with van der Waals surface area (Å²) in [7, 11) is 1.78. The molecule has 6 rings (SSSR count). The zero-order chi connectivity index (χ0) is 22.5. The molecule has 0 saturated carbocycles. The second-order valence-corrected chi connectivity index (χ2v) is 9.37. The van der Waals surface area contributed by atoms with Gasteiger partial charge in [0.2, 0.25) is 0 Å². The highest BCUT2D eigenvalue weighted by Crippen LogP contribution is 2.48. The van der Waals surface area contributed by atoms with Gasteiger partial charge in [-0.1, -0.05) is 18.2 Å². The van der Waals surface area contributed by atoms with Gasteiger partial charge in [0.25, 0.3) is 0 Å². The lowest BCUT2D eigenvalue weighted by Gasteiger charge is -2.25. The largest absolute Gasteiger partial charge is 0.477 e. The lowest BCUT2D eigenvalue weighted by Crippen LogP contribution is -2.22. The van der Waals surface area contributed by atoms with E-state index in [1.54, 1.807) is 29.8 Å². The van der Waals surface area contributed by atoms with Crippen LogP contribution in [0.4, 0.5) is 17.1 Å². The van der Waals surface area contributed by atoms with Crippen LogP contribution in [0.1, 0.15) is 23.3 Å². The molecule has 1 fully saturated rings. The van der Waals surface area contributed by atoms with Crippen LogP contribution in [0.5, 0.6) is 0 Å². The maximum absolute atomic E-state index is 12.4. The molecule has 0 atom stereocenters. The van der Waals surface area contributed by atoms with Crippen molar-refractivity contribution in [3.05, 3.63) is 66.5 Å². The summed E-state index contributed by atoms with van der Waals surface area (Å²) < 4.78 is 3.70.